The first-order valence-corrected chi connectivity index (χ1v) is 3.65. The van der Waals surface area contributed by atoms with Gasteiger partial charge in [0, 0.05) is 10.7 Å². The molecule has 0 radical (unpaired) electrons. The Hall–Kier alpha value is -0.830. The van der Waals surface area contributed by atoms with E-state index in [-0.39, 0.29) is 0 Å². The van der Waals surface area contributed by atoms with Crippen molar-refractivity contribution in [3.8, 4) is 0 Å². The van der Waals surface area contributed by atoms with E-state index in [2.05, 4.69) is 20.9 Å². The lowest BCUT2D eigenvalue weighted by molar-refractivity contribution is 0.603. The molecule has 0 unspecified atom stereocenters. The van der Waals surface area contributed by atoms with E-state index in [0.29, 0.717) is 5.71 Å². The number of hydrogen-bond donors (Lipinski definition) is 0. The molecule has 0 aromatic carbocycles. The molecule has 50 valence electrons. The van der Waals surface area contributed by atoms with Crippen molar-refractivity contribution < 1.29 is 4.42 Å². The molecule has 3 heteroatoms. The van der Waals surface area contributed by atoms with Gasteiger partial charge in [-0.05, 0) is 28.1 Å². The summed E-state index contributed by atoms with van der Waals surface area (Å²) in [5, 5.41) is 1.02. The predicted octanol–water partition coefficient (Wildman–Crippen LogP) is 2.59. The molecule has 0 saturated carbocycles. The van der Waals surface area contributed by atoms with Gasteiger partial charge in [-0.15, -0.1) is 0 Å². The summed E-state index contributed by atoms with van der Waals surface area (Å²) >= 11 is 3.38. The zero-order chi connectivity index (χ0) is 6.97. The Morgan fingerprint density at radius 3 is 3.10 bits per heavy atom. The summed E-state index contributed by atoms with van der Waals surface area (Å²) in [6.07, 6.45) is 3.33. The van der Waals surface area contributed by atoms with E-state index in [1.54, 1.807) is 12.5 Å². The largest absolute Gasteiger partial charge is 0.446 e. The lowest BCUT2D eigenvalue weighted by Crippen LogP contribution is -1.70. The van der Waals surface area contributed by atoms with E-state index in [0.717, 1.165) is 9.86 Å². The molecule has 2 rings (SSSR count). The van der Waals surface area contributed by atoms with Crippen LogP contribution >= 0.6 is 15.9 Å². The second-order valence-corrected chi connectivity index (χ2v) is 2.79. The summed E-state index contributed by atoms with van der Waals surface area (Å²) in [4.78, 5) is 4.01. The first-order valence-electron chi connectivity index (χ1n) is 2.85. The summed E-state index contributed by atoms with van der Waals surface area (Å²) in [6, 6.07) is 3.77. The van der Waals surface area contributed by atoms with Gasteiger partial charge in [-0.25, -0.2) is 4.98 Å². The topological polar surface area (TPSA) is 26.0 Å². The third-order valence-electron chi connectivity index (χ3n) is 1.31. The summed E-state index contributed by atoms with van der Waals surface area (Å²) in [5.74, 6) is 0. The Labute approximate surface area is 66.0 Å². The molecule has 0 saturated heterocycles. The zero-order valence-corrected chi connectivity index (χ0v) is 6.63. The van der Waals surface area contributed by atoms with Gasteiger partial charge in [0.05, 0.1) is 11.6 Å². The fourth-order valence-corrected chi connectivity index (χ4v) is 1.26. The quantitative estimate of drug-likeness (QED) is 0.650. The monoisotopic (exact) mass is 197 g/mol. The van der Waals surface area contributed by atoms with Gasteiger partial charge in [0.25, 0.3) is 0 Å². The number of rotatable bonds is 0. The van der Waals surface area contributed by atoms with Crippen LogP contribution in [0.5, 0.6) is 0 Å². The highest BCUT2D eigenvalue weighted by Gasteiger charge is 1.99. The molecular formula is C7H4BrNO. The van der Waals surface area contributed by atoms with Crippen LogP contribution in [0.25, 0.3) is 11.1 Å². The van der Waals surface area contributed by atoms with Gasteiger partial charge in [0.15, 0.2) is 0 Å². The van der Waals surface area contributed by atoms with Crippen molar-refractivity contribution in [2.45, 2.75) is 0 Å². The molecular weight excluding hydrogens is 194 g/mol. The molecule has 0 aliphatic heterocycles. The molecule has 2 aromatic rings. The van der Waals surface area contributed by atoms with Crippen LogP contribution in [0.2, 0.25) is 0 Å². The van der Waals surface area contributed by atoms with Crippen molar-refractivity contribution in [3.63, 3.8) is 0 Å². The lowest BCUT2D eigenvalue weighted by atomic mass is 10.3. The predicted molar refractivity (Wildman–Crippen MR) is 41.7 cm³/mol. The molecule has 0 fully saturated rings. The average molecular weight is 198 g/mol. The molecule has 0 amide bonds. The van der Waals surface area contributed by atoms with Crippen LogP contribution in [0.15, 0.2) is 33.5 Å². The normalized spacial score (nSPS) is 10.5. The molecule has 2 nitrogen and oxygen atoms in total. The van der Waals surface area contributed by atoms with Gasteiger partial charge < -0.3 is 4.42 Å². The number of nitrogens with zero attached hydrogens (tertiary/aromatic N) is 1. The number of fused-ring (bicyclic) bond motifs is 1. The maximum absolute atomic E-state index is 5.06. The van der Waals surface area contributed by atoms with Crippen LogP contribution in [-0.2, 0) is 0 Å². The number of aromatic nitrogens is 1. The molecule has 0 aliphatic carbocycles. The third-order valence-corrected chi connectivity index (χ3v) is 2.01. The van der Waals surface area contributed by atoms with Crippen LogP contribution in [0.1, 0.15) is 0 Å². The van der Waals surface area contributed by atoms with E-state index < -0.39 is 0 Å². The Balaban J connectivity index is 2.95. The maximum Gasteiger partial charge on any atom is 0.226 e. The van der Waals surface area contributed by atoms with E-state index in [1.807, 2.05) is 12.1 Å². The highest BCUT2D eigenvalue weighted by Crippen LogP contribution is 2.21. The van der Waals surface area contributed by atoms with Crippen molar-refractivity contribution in [2.24, 2.45) is 0 Å². The Kier molecular flexibility index (Phi) is 1.24. The Morgan fingerprint density at radius 1 is 1.40 bits per heavy atom. The maximum atomic E-state index is 5.06. The highest BCUT2D eigenvalue weighted by molar-refractivity contribution is 9.10. The van der Waals surface area contributed by atoms with Crippen LogP contribution in [0.4, 0.5) is 0 Å². The van der Waals surface area contributed by atoms with Gasteiger partial charge in [-0.3, -0.25) is 0 Å². The Bertz CT molecular complexity index is 355. The molecule has 0 spiro atoms. The second kappa shape index (κ2) is 2.09. The summed E-state index contributed by atoms with van der Waals surface area (Å²) in [5.41, 5.74) is 0.675. The van der Waals surface area contributed by atoms with E-state index in [1.165, 1.54) is 0 Å². The number of furan rings is 1. The Morgan fingerprint density at radius 2 is 2.30 bits per heavy atom. The van der Waals surface area contributed by atoms with Crippen molar-refractivity contribution in [1.82, 2.24) is 4.98 Å². The first kappa shape index (κ1) is 5.92. The van der Waals surface area contributed by atoms with Crippen molar-refractivity contribution in [3.05, 3.63) is 29.1 Å². The number of pyridine rings is 1. The smallest absolute Gasteiger partial charge is 0.226 e. The molecule has 0 N–H and O–H groups in total. The second-order valence-electron chi connectivity index (χ2n) is 1.93. The minimum absolute atomic E-state index is 0.675. The van der Waals surface area contributed by atoms with Gasteiger partial charge in [-0.1, -0.05) is 0 Å². The molecule has 0 aliphatic rings. The van der Waals surface area contributed by atoms with Crippen molar-refractivity contribution >= 4 is 27.0 Å². The van der Waals surface area contributed by atoms with E-state index >= 15 is 0 Å². The van der Waals surface area contributed by atoms with Crippen LogP contribution < -0.4 is 0 Å². The fourth-order valence-electron chi connectivity index (χ4n) is 0.843. The molecule has 0 atom stereocenters. The van der Waals surface area contributed by atoms with E-state index in [9.17, 15) is 0 Å². The molecule has 2 heterocycles. The molecule has 10 heavy (non-hydrogen) atoms. The zero-order valence-electron chi connectivity index (χ0n) is 5.04. The summed E-state index contributed by atoms with van der Waals surface area (Å²) < 4.78 is 6.08. The molecule has 0 bridgehead atoms. The van der Waals surface area contributed by atoms with E-state index in [4.69, 9.17) is 4.42 Å². The van der Waals surface area contributed by atoms with Gasteiger partial charge in [-0.2, -0.15) is 0 Å². The van der Waals surface area contributed by atoms with Crippen molar-refractivity contribution in [2.75, 3.05) is 0 Å². The van der Waals surface area contributed by atoms with Crippen molar-refractivity contribution in [1.29, 1.82) is 0 Å². The van der Waals surface area contributed by atoms with Crippen LogP contribution in [-0.4, -0.2) is 4.98 Å². The minimum atomic E-state index is 0.675. The van der Waals surface area contributed by atoms with Gasteiger partial charge in [0.1, 0.15) is 0 Å². The first-order chi connectivity index (χ1) is 4.88. The van der Waals surface area contributed by atoms with Gasteiger partial charge >= 0.3 is 0 Å². The molecule has 2 aromatic heterocycles. The summed E-state index contributed by atoms with van der Waals surface area (Å²) in [6.45, 7) is 0. The third kappa shape index (κ3) is 0.743. The standard InChI is InChI=1S/C7H4BrNO/c8-6-1-3-9-7-5(6)2-4-10-7/h1-4H. The summed E-state index contributed by atoms with van der Waals surface area (Å²) in [7, 11) is 0. The van der Waals surface area contributed by atoms with Crippen LogP contribution in [0.3, 0.4) is 0 Å². The minimum Gasteiger partial charge on any atom is -0.446 e. The average Bonchev–Trinajstić information content (AvgIpc) is 2.36. The van der Waals surface area contributed by atoms with Gasteiger partial charge in [0.2, 0.25) is 5.71 Å². The number of hydrogen-bond acceptors (Lipinski definition) is 2. The lowest BCUT2D eigenvalue weighted by Gasteiger charge is -1.87. The van der Waals surface area contributed by atoms with Crippen LogP contribution in [0, 0.1) is 0 Å². The fraction of sp³-hybridized carbons (Fsp3) is 0. The SMILES string of the molecule is Brc1ccnc2occc12. The highest BCUT2D eigenvalue weighted by atomic mass is 79.9. The number of halogens is 1.